The number of hydrogen-bond donors (Lipinski definition) is 0. The van der Waals surface area contributed by atoms with E-state index in [2.05, 4.69) is 0 Å². The van der Waals surface area contributed by atoms with Crippen molar-refractivity contribution in [1.29, 1.82) is 0 Å². The molecule has 0 N–H and O–H groups in total. The summed E-state index contributed by atoms with van der Waals surface area (Å²) in [6.45, 7) is 2.79. The third-order valence-corrected chi connectivity index (χ3v) is 6.15. The molecule has 0 saturated heterocycles. The molecule has 0 aliphatic rings. The molecule has 3 aromatic carbocycles. The second-order valence-electron chi connectivity index (χ2n) is 8.65. The van der Waals surface area contributed by atoms with Gasteiger partial charge in [0.05, 0.1) is 22.1 Å². The Morgan fingerprint density at radius 1 is 0.730 bits per heavy atom. The number of rotatable bonds is 12. The first-order valence-corrected chi connectivity index (χ1v) is 11.9. The molecule has 3 atom stereocenters. The predicted molar refractivity (Wildman–Crippen MR) is 138 cm³/mol. The number of ether oxygens (including phenoxy) is 4. The molecule has 8 heteroatoms. The Kier molecular flexibility index (Phi) is 10.0. The first-order chi connectivity index (χ1) is 17.8. The van der Waals surface area contributed by atoms with E-state index < -0.39 is 35.5 Å². The largest absolute Gasteiger partial charge is 0.461 e. The normalized spacial score (nSPS) is 14.0. The lowest BCUT2D eigenvalue weighted by Gasteiger charge is -2.40. The zero-order valence-electron chi connectivity index (χ0n) is 20.9. The summed E-state index contributed by atoms with van der Waals surface area (Å²) in [5.41, 5.74) is -0.0317. The van der Waals surface area contributed by atoms with Gasteiger partial charge in [-0.05, 0) is 43.3 Å². The first-order valence-electron chi connectivity index (χ1n) is 11.9. The maximum absolute atomic E-state index is 12.8. The van der Waals surface area contributed by atoms with Crippen LogP contribution in [0.1, 0.15) is 44.9 Å². The summed E-state index contributed by atoms with van der Waals surface area (Å²) in [5.74, 6) is -1.66. The third-order valence-electron chi connectivity index (χ3n) is 6.15. The molecule has 0 amide bonds. The van der Waals surface area contributed by atoms with E-state index in [1.807, 2.05) is 0 Å². The number of esters is 3. The zero-order valence-corrected chi connectivity index (χ0v) is 20.9. The van der Waals surface area contributed by atoms with Crippen molar-refractivity contribution < 1.29 is 33.3 Å². The lowest BCUT2D eigenvalue weighted by molar-refractivity contribution is -0.126. The summed E-state index contributed by atoms with van der Waals surface area (Å²) in [4.78, 5) is 38.1. The Morgan fingerprint density at radius 2 is 1.16 bits per heavy atom. The topological polar surface area (TPSA) is 88.1 Å². The molecule has 1 unspecified atom stereocenters. The Morgan fingerprint density at radius 3 is 1.62 bits per heavy atom. The Hall–Kier alpha value is -3.91. The van der Waals surface area contributed by atoms with Crippen LogP contribution in [0, 0.1) is 5.41 Å². The summed E-state index contributed by atoms with van der Waals surface area (Å²) in [6.07, 6.45) is -1.69. The summed E-state index contributed by atoms with van der Waals surface area (Å²) < 4.78 is 22.7. The molecule has 2 radical (unpaired) electrons. The number of hydrogen-bond acceptors (Lipinski definition) is 7. The molecule has 3 rings (SSSR count). The highest BCUT2D eigenvalue weighted by Crippen LogP contribution is 2.33. The molecule has 0 heterocycles. The molecule has 0 aliphatic carbocycles. The maximum atomic E-state index is 12.8. The van der Waals surface area contributed by atoms with Gasteiger partial charge in [-0.15, -0.1) is 0 Å². The van der Waals surface area contributed by atoms with Crippen molar-refractivity contribution in [3.63, 3.8) is 0 Å². The van der Waals surface area contributed by atoms with Gasteiger partial charge in [-0.1, -0.05) is 61.5 Å². The van der Waals surface area contributed by atoms with Gasteiger partial charge in [0.1, 0.15) is 33.3 Å². The van der Waals surface area contributed by atoms with Gasteiger partial charge >= 0.3 is 17.9 Å². The molecule has 37 heavy (non-hydrogen) atoms. The van der Waals surface area contributed by atoms with Crippen LogP contribution in [-0.2, 0) is 18.9 Å². The van der Waals surface area contributed by atoms with Crippen LogP contribution in [0.25, 0.3) is 0 Å². The molecule has 0 saturated carbocycles. The molecule has 0 spiro atoms. The monoisotopic (exact) mass is 500 g/mol. The van der Waals surface area contributed by atoms with E-state index in [-0.39, 0.29) is 19.7 Å². The Bertz CT molecular complexity index is 1150. The highest BCUT2D eigenvalue weighted by molar-refractivity contribution is 6.08. The Balaban J connectivity index is 1.82. The van der Waals surface area contributed by atoms with E-state index >= 15 is 0 Å². The highest BCUT2D eigenvalue weighted by atomic mass is 16.6. The molecular formula is C29H29BO7. The van der Waals surface area contributed by atoms with Gasteiger partial charge in [0.15, 0.2) is 0 Å². The Labute approximate surface area is 218 Å². The van der Waals surface area contributed by atoms with Crippen LogP contribution < -0.4 is 0 Å². The van der Waals surface area contributed by atoms with Gasteiger partial charge in [0.25, 0.3) is 0 Å². The van der Waals surface area contributed by atoms with Crippen LogP contribution >= 0.6 is 0 Å². The molecule has 7 nitrogen and oxygen atoms in total. The standard InChI is InChI=1S/C29H29BO7/c1-21(37-28(33)24-16-10-5-11-17-24)29(2,19-35-27(32)23-14-8-4-9-15-23)25(36-20-30)18-34-26(31)22-12-6-3-7-13-22/h3-17,21,25H,18-20H2,1-2H3/t21-,25?,29+/m0/s1. The van der Waals surface area contributed by atoms with Crippen LogP contribution in [0.4, 0.5) is 0 Å². The minimum Gasteiger partial charge on any atom is -0.461 e. The third kappa shape index (κ3) is 7.54. The van der Waals surface area contributed by atoms with Gasteiger partial charge in [0.2, 0.25) is 0 Å². The quantitative estimate of drug-likeness (QED) is 0.206. The van der Waals surface area contributed by atoms with E-state index in [9.17, 15) is 14.4 Å². The van der Waals surface area contributed by atoms with E-state index in [0.717, 1.165) is 0 Å². The van der Waals surface area contributed by atoms with Gasteiger partial charge in [-0.3, -0.25) is 0 Å². The number of benzene rings is 3. The summed E-state index contributed by atoms with van der Waals surface area (Å²) in [7, 11) is 5.70. The van der Waals surface area contributed by atoms with Crippen molar-refractivity contribution in [1.82, 2.24) is 0 Å². The SMILES string of the molecule is [B]COC(COC(=O)c1ccccc1)[C@](C)(COC(=O)c1ccccc1)[C@H](C)OC(=O)c1ccccc1. The zero-order chi connectivity index (χ0) is 26.7. The minimum atomic E-state index is -1.13. The summed E-state index contributed by atoms with van der Waals surface area (Å²) in [5, 5.41) is 0. The van der Waals surface area contributed by atoms with Crippen LogP contribution in [0.2, 0.25) is 0 Å². The number of carbonyl (C=O) groups is 3. The fraction of sp³-hybridized carbons (Fsp3) is 0.276. The van der Waals surface area contributed by atoms with Crippen molar-refractivity contribution in [2.45, 2.75) is 26.1 Å². The van der Waals surface area contributed by atoms with Gasteiger partial charge < -0.3 is 18.9 Å². The van der Waals surface area contributed by atoms with Gasteiger partial charge in [-0.25, -0.2) is 14.4 Å². The highest BCUT2D eigenvalue weighted by Gasteiger charge is 2.44. The van der Waals surface area contributed by atoms with Gasteiger partial charge in [-0.2, -0.15) is 0 Å². The van der Waals surface area contributed by atoms with Crippen molar-refractivity contribution >= 4 is 25.8 Å². The van der Waals surface area contributed by atoms with Crippen molar-refractivity contribution in [3.05, 3.63) is 108 Å². The number of carbonyl (C=O) groups excluding carboxylic acids is 3. The first kappa shape index (κ1) is 27.7. The van der Waals surface area contributed by atoms with Crippen LogP contribution in [-0.4, -0.2) is 57.7 Å². The molecule has 0 bridgehead atoms. The minimum absolute atomic E-state index is 0.197. The van der Waals surface area contributed by atoms with E-state index in [1.165, 1.54) is 0 Å². The second-order valence-corrected chi connectivity index (χ2v) is 8.65. The van der Waals surface area contributed by atoms with E-state index in [4.69, 9.17) is 26.8 Å². The predicted octanol–water partition coefficient (Wildman–Crippen LogP) is 4.46. The van der Waals surface area contributed by atoms with Crippen LogP contribution in [0.15, 0.2) is 91.0 Å². The summed E-state index contributed by atoms with van der Waals surface area (Å²) in [6, 6.07) is 25.5. The van der Waals surface area contributed by atoms with Crippen molar-refractivity contribution in [2.24, 2.45) is 5.41 Å². The van der Waals surface area contributed by atoms with Crippen molar-refractivity contribution in [2.75, 3.05) is 19.7 Å². The second kappa shape index (κ2) is 13.4. The van der Waals surface area contributed by atoms with Crippen LogP contribution in [0.5, 0.6) is 0 Å². The molecular weight excluding hydrogens is 471 g/mol. The smallest absolute Gasteiger partial charge is 0.338 e. The molecule has 3 aromatic rings. The van der Waals surface area contributed by atoms with Gasteiger partial charge in [0, 0.05) is 6.51 Å². The molecule has 190 valence electrons. The average Bonchev–Trinajstić information content (AvgIpc) is 2.94. The lowest BCUT2D eigenvalue weighted by Crippen LogP contribution is -2.51. The molecule has 0 fully saturated rings. The lowest BCUT2D eigenvalue weighted by atomic mass is 9.79. The fourth-order valence-electron chi connectivity index (χ4n) is 3.64. The molecule has 0 aliphatic heterocycles. The van der Waals surface area contributed by atoms with Crippen molar-refractivity contribution in [3.8, 4) is 0 Å². The van der Waals surface area contributed by atoms with Crippen LogP contribution in [0.3, 0.4) is 0 Å². The average molecular weight is 500 g/mol. The summed E-state index contributed by atoms with van der Waals surface area (Å²) >= 11 is 0. The van der Waals surface area contributed by atoms with E-state index in [1.54, 1.807) is 105 Å². The maximum Gasteiger partial charge on any atom is 0.338 e. The van der Waals surface area contributed by atoms with E-state index in [0.29, 0.717) is 16.7 Å². The fourth-order valence-corrected chi connectivity index (χ4v) is 3.64. The molecule has 0 aromatic heterocycles.